The molecule has 98 valence electrons. The molecular weight excluding hydrogens is 264 g/mol. The lowest BCUT2D eigenvalue weighted by Crippen LogP contribution is -2.17. The van der Waals surface area contributed by atoms with Gasteiger partial charge in [-0.25, -0.2) is 5.43 Å². The molecule has 0 radical (unpaired) electrons. The molecule has 5 heteroatoms. The zero-order valence-corrected chi connectivity index (χ0v) is 11.4. The molecule has 2 rings (SSSR count). The first-order valence-corrected chi connectivity index (χ1v) is 6.10. The maximum Gasteiger partial charge on any atom is 0.274 e. The van der Waals surface area contributed by atoms with Crippen molar-refractivity contribution in [1.82, 2.24) is 5.43 Å². The fourth-order valence-electron chi connectivity index (χ4n) is 1.66. The van der Waals surface area contributed by atoms with E-state index in [0.29, 0.717) is 22.1 Å². The Bertz CT molecular complexity index is 632. The number of carbonyl (C=O) groups excluding carboxylic acids is 1. The summed E-state index contributed by atoms with van der Waals surface area (Å²) < 4.78 is 5.29. The predicted molar refractivity (Wildman–Crippen MR) is 74.7 cm³/mol. The number of hydrogen-bond acceptors (Lipinski definition) is 3. The maximum absolute atomic E-state index is 11.8. The molecule has 0 aliphatic rings. The normalized spacial score (nSPS) is 10.9. The summed E-state index contributed by atoms with van der Waals surface area (Å²) in [5.41, 5.74) is 3.66. The van der Waals surface area contributed by atoms with E-state index in [-0.39, 0.29) is 5.91 Å². The molecule has 0 atom stereocenters. The number of carbonyl (C=O) groups is 1. The number of rotatable bonds is 3. The zero-order chi connectivity index (χ0) is 13.8. The molecule has 1 aromatic heterocycles. The van der Waals surface area contributed by atoms with Crippen LogP contribution < -0.4 is 5.43 Å². The Labute approximate surface area is 116 Å². The second-order valence-electron chi connectivity index (χ2n) is 4.05. The fraction of sp³-hybridized carbons (Fsp3) is 0.143. The third-order valence-electron chi connectivity index (χ3n) is 2.56. The van der Waals surface area contributed by atoms with E-state index in [4.69, 9.17) is 16.0 Å². The van der Waals surface area contributed by atoms with E-state index >= 15 is 0 Å². The van der Waals surface area contributed by atoms with Crippen LogP contribution in [0.1, 0.15) is 27.4 Å². The lowest BCUT2D eigenvalue weighted by molar-refractivity contribution is 0.0953. The van der Waals surface area contributed by atoms with Crippen molar-refractivity contribution < 1.29 is 9.21 Å². The number of hydrogen-bond donors (Lipinski definition) is 1. The lowest BCUT2D eigenvalue weighted by atomic mass is 10.2. The van der Waals surface area contributed by atoms with E-state index in [2.05, 4.69) is 10.5 Å². The fourth-order valence-corrected chi connectivity index (χ4v) is 1.84. The van der Waals surface area contributed by atoms with Gasteiger partial charge in [0, 0.05) is 10.6 Å². The van der Waals surface area contributed by atoms with Crippen LogP contribution in [-0.2, 0) is 0 Å². The van der Waals surface area contributed by atoms with Gasteiger partial charge in [-0.2, -0.15) is 5.10 Å². The minimum Gasteiger partial charge on any atom is -0.466 e. The number of nitrogens with zero attached hydrogens (tertiary/aromatic N) is 1. The molecule has 0 spiro atoms. The zero-order valence-electron chi connectivity index (χ0n) is 10.6. The van der Waals surface area contributed by atoms with Crippen molar-refractivity contribution in [2.75, 3.05) is 0 Å². The molecule has 1 amide bonds. The van der Waals surface area contributed by atoms with Gasteiger partial charge in [0.25, 0.3) is 5.91 Å². The number of nitrogens with one attached hydrogen (secondary N) is 1. The summed E-state index contributed by atoms with van der Waals surface area (Å²) in [6.07, 6.45) is 1.50. The van der Waals surface area contributed by atoms with Crippen molar-refractivity contribution in [2.24, 2.45) is 5.10 Å². The molecule has 0 fully saturated rings. The molecule has 1 heterocycles. The van der Waals surface area contributed by atoms with Crippen molar-refractivity contribution in [3.05, 3.63) is 58.0 Å². The molecule has 0 saturated heterocycles. The first-order chi connectivity index (χ1) is 9.08. The largest absolute Gasteiger partial charge is 0.466 e. The van der Waals surface area contributed by atoms with Crippen molar-refractivity contribution in [3.8, 4) is 0 Å². The molecule has 0 saturated carbocycles. The number of amides is 1. The number of benzene rings is 1. The van der Waals surface area contributed by atoms with Crippen LogP contribution in [0.3, 0.4) is 0 Å². The van der Waals surface area contributed by atoms with Gasteiger partial charge in [-0.1, -0.05) is 29.8 Å². The molecule has 2 aromatic rings. The molecular formula is C14H13ClN2O2. The van der Waals surface area contributed by atoms with E-state index in [1.807, 2.05) is 18.2 Å². The third kappa shape index (κ3) is 3.23. The maximum atomic E-state index is 11.8. The summed E-state index contributed by atoms with van der Waals surface area (Å²) >= 11 is 5.97. The molecule has 0 aliphatic carbocycles. The summed E-state index contributed by atoms with van der Waals surface area (Å²) in [4.78, 5) is 11.8. The highest BCUT2D eigenvalue weighted by Crippen LogP contribution is 2.14. The van der Waals surface area contributed by atoms with Crippen molar-refractivity contribution >= 4 is 23.7 Å². The number of furan rings is 1. The van der Waals surface area contributed by atoms with Crippen molar-refractivity contribution in [1.29, 1.82) is 0 Å². The van der Waals surface area contributed by atoms with Gasteiger partial charge in [-0.3, -0.25) is 4.79 Å². The monoisotopic (exact) mass is 276 g/mol. The van der Waals surface area contributed by atoms with Gasteiger partial charge in [-0.05, 0) is 26.0 Å². The van der Waals surface area contributed by atoms with Crippen LogP contribution in [0.25, 0.3) is 0 Å². The smallest absolute Gasteiger partial charge is 0.274 e. The highest BCUT2D eigenvalue weighted by atomic mass is 35.5. The second kappa shape index (κ2) is 5.71. The number of halogens is 1. The van der Waals surface area contributed by atoms with E-state index in [0.717, 1.165) is 5.56 Å². The Hall–Kier alpha value is -2.07. The summed E-state index contributed by atoms with van der Waals surface area (Å²) in [5.74, 6) is 0.957. The quantitative estimate of drug-likeness (QED) is 0.691. The first-order valence-electron chi connectivity index (χ1n) is 5.73. The Morgan fingerprint density at radius 2 is 2.11 bits per heavy atom. The van der Waals surface area contributed by atoms with E-state index in [1.165, 1.54) is 6.21 Å². The molecule has 0 unspecified atom stereocenters. The van der Waals surface area contributed by atoms with Gasteiger partial charge >= 0.3 is 0 Å². The second-order valence-corrected chi connectivity index (χ2v) is 4.45. The van der Waals surface area contributed by atoms with Gasteiger partial charge in [0.15, 0.2) is 0 Å². The summed E-state index contributed by atoms with van der Waals surface area (Å²) in [6.45, 7) is 3.52. The van der Waals surface area contributed by atoms with Crippen LogP contribution in [0.5, 0.6) is 0 Å². The van der Waals surface area contributed by atoms with Crippen LogP contribution in [0.15, 0.2) is 39.9 Å². The van der Waals surface area contributed by atoms with Crippen molar-refractivity contribution in [2.45, 2.75) is 13.8 Å². The van der Waals surface area contributed by atoms with Gasteiger partial charge in [0.05, 0.1) is 11.8 Å². The van der Waals surface area contributed by atoms with E-state index in [9.17, 15) is 4.79 Å². The Morgan fingerprint density at radius 3 is 2.74 bits per heavy atom. The number of aryl methyl sites for hydroxylation is 2. The molecule has 0 aliphatic heterocycles. The highest BCUT2D eigenvalue weighted by Gasteiger charge is 2.12. The van der Waals surface area contributed by atoms with Crippen LogP contribution >= 0.6 is 11.6 Å². The van der Waals surface area contributed by atoms with Gasteiger partial charge in [0.1, 0.15) is 11.5 Å². The van der Waals surface area contributed by atoms with Crippen LogP contribution in [-0.4, -0.2) is 12.1 Å². The highest BCUT2D eigenvalue weighted by molar-refractivity contribution is 6.33. The predicted octanol–water partition coefficient (Wildman–Crippen LogP) is 3.31. The van der Waals surface area contributed by atoms with Crippen LogP contribution in [0.4, 0.5) is 0 Å². The third-order valence-corrected chi connectivity index (χ3v) is 2.90. The minimum atomic E-state index is -0.308. The first kappa shape index (κ1) is 13.4. The SMILES string of the molecule is Cc1cc(C(=O)N/N=C\c2ccccc2Cl)c(C)o1. The average Bonchev–Trinajstić information content (AvgIpc) is 2.71. The number of hydrazone groups is 1. The van der Waals surface area contributed by atoms with Gasteiger partial charge in [0.2, 0.25) is 0 Å². The Morgan fingerprint density at radius 1 is 1.37 bits per heavy atom. The summed E-state index contributed by atoms with van der Waals surface area (Å²) in [5, 5.41) is 4.46. The molecule has 1 aromatic carbocycles. The Balaban J connectivity index is 2.05. The topological polar surface area (TPSA) is 54.6 Å². The summed E-state index contributed by atoms with van der Waals surface area (Å²) in [6, 6.07) is 8.92. The van der Waals surface area contributed by atoms with Crippen LogP contribution in [0, 0.1) is 13.8 Å². The average molecular weight is 277 g/mol. The van der Waals surface area contributed by atoms with Gasteiger partial charge in [-0.15, -0.1) is 0 Å². The standard InChI is InChI=1S/C14H13ClN2O2/c1-9-7-12(10(2)19-9)14(18)17-16-8-11-5-3-4-6-13(11)15/h3-8H,1-2H3,(H,17,18)/b16-8-. The Kier molecular flexibility index (Phi) is 4.02. The lowest BCUT2D eigenvalue weighted by Gasteiger charge is -1.98. The minimum absolute atomic E-state index is 0.308. The van der Waals surface area contributed by atoms with Crippen molar-refractivity contribution in [3.63, 3.8) is 0 Å². The molecule has 1 N–H and O–H groups in total. The van der Waals surface area contributed by atoms with Gasteiger partial charge < -0.3 is 4.42 Å². The van der Waals surface area contributed by atoms with E-state index in [1.54, 1.807) is 26.0 Å². The molecule has 4 nitrogen and oxygen atoms in total. The molecule has 19 heavy (non-hydrogen) atoms. The van der Waals surface area contributed by atoms with E-state index < -0.39 is 0 Å². The van der Waals surface area contributed by atoms with Crippen LogP contribution in [0.2, 0.25) is 5.02 Å². The molecule has 0 bridgehead atoms. The summed E-state index contributed by atoms with van der Waals surface area (Å²) in [7, 11) is 0.